The van der Waals surface area contributed by atoms with E-state index < -0.39 is 23.8 Å². The van der Waals surface area contributed by atoms with Crippen molar-refractivity contribution in [1.82, 2.24) is 21.1 Å². The molecule has 3 rings (SSSR count). The maximum absolute atomic E-state index is 12.7. The van der Waals surface area contributed by atoms with Gasteiger partial charge in [-0.05, 0) is 47.5 Å². The number of pyridine rings is 1. The third-order valence-corrected chi connectivity index (χ3v) is 5.01. The Morgan fingerprint density at radius 1 is 0.914 bits per heavy atom. The lowest BCUT2D eigenvalue weighted by atomic mass is 10.0. The van der Waals surface area contributed by atoms with Gasteiger partial charge in [-0.25, -0.2) is 5.48 Å². The minimum absolute atomic E-state index is 0.0705. The number of hydroxylamine groups is 1. The van der Waals surface area contributed by atoms with Crippen molar-refractivity contribution < 1.29 is 29.4 Å². The number of aliphatic hydroxyl groups excluding tert-OH is 1. The Labute approximate surface area is 201 Å². The van der Waals surface area contributed by atoms with Gasteiger partial charge in [-0.15, -0.1) is 0 Å². The van der Waals surface area contributed by atoms with Gasteiger partial charge in [-0.2, -0.15) is 0 Å². The topological polar surface area (TPSA) is 150 Å². The summed E-state index contributed by atoms with van der Waals surface area (Å²) in [5.74, 6) is -1.85. The molecule has 0 spiro atoms. The molecule has 3 amide bonds. The Kier molecular flexibility index (Phi) is 9.29. The Morgan fingerprint density at radius 3 is 2.20 bits per heavy atom. The molecule has 0 aliphatic carbocycles. The van der Waals surface area contributed by atoms with Gasteiger partial charge in [0.05, 0.1) is 6.61 Å². The first-order chi connectivity index (χ1) is 17.0. The van der Waals surface area contributed by atoms with Crippen LogP contribution in [0.3, 0.4) is 0 Å². The minimum atomic E-state index is -1.62. The number of carbonyl (C=O) groups excluding carboxylic acids is 3. The van der Waals surface area contributed by atoms with Crippen LogP contribution in [0.5, 0.6) is 5.75 Å². The molecule has 10 heteroatoms. The summed E-state index contributed by atoms with van der Waals surface area (Å²) in [6, 6.07) is 17.6. The first-order valence-electron chi connectivity index (χ1n) is 10.9. The monoisotopic (exact) mass is 478 g/mol. The van der Waals surface area contributed by atoms with Crippen molar-refractivity contribution in [2.24, 2.45) is 0 Å². The van der Waals surface area contributed by atoms with Gasteiger partial charge < -0.3 is 20.5 Å². The molecule has 2 aromatic carbocycles. The molecule has 1 aromatic heterocycles. The van der Waals surface area contributed by atoms with Crippen LogP contribution in [0.25, 0.3) is 11.1 Å². The number of benzene rings is 2. The summed E-state index contributed by atoms with van der Waals surface area (Å²) < 4.78 is 5.34. The van der Waals surface area contributed by atoms with Crippen LogP contribution in [0.4, 0.5) is 0 Å². The molecule has 1 atom stereocenters. The van der Waals surface area contributed by atoms with E-state index in [1.807, 2.05) is 18.2 Å². The van der Waals surface area contributed by atoms with Crippen LogP contribution < -0.4 is 20.9 Å². The summed E-state index contributed by atoms with van der Waals surface area (Å²) in [5, 5.41) is 22.7. The predicted octanol–water partition coefficient (Wildman–Crippen LogP) is 1.08. The third kappa shape index (κ3) is 7.36. The van der Waals surface area contributed by atoms with E-state index in [-0.39, 0.29) is 25.3 Å². The van der Waals surface area contributed by atoms with Gasteiger partial charge in [0.25, 0.3) is 17.7 Å². The molecule has 0 bridgehead atoms. The lowest BCUT2D eigenvalue weighted by Gasteiger charge is -2.17. The van der Waals surface area contributed by atoms with Crippen LogP contribution in [0.1, 0.15) is 16.1 Å². The van der Waals surface area contributed by atoms with Crippen molar-refractivity contribution in [1.29, 1.82) is 0 Å². The quantitative estimate of drug-likeness (QED) is 0.157. The van der Waals surface area contributed by atoms with Crippen molar-refractivity contribution in [2.75, 3.05) is 19.8 Å². The summed E-state index contributed by atoms with van der Waals surface area (Å²) >= 11 is 0. The molecule has 0 saturated carbocycles. The average molecular weight is 479 g/mol. The van der Waals surface area contributed by atoms with E-state index in [0.29, 0.717) is 12.2 Å². The van der Waals surface area contributed by atoms with Crippen molar-refractivity contribution >= 4 is 17.7 Å². The molecule has 1 heterocycles. The van der Waals surface area contributed by atoms with Gasteiger partial charge >= 0.3 is 0 Å². The highest BCUT2D eigenvalue weighted by molar-refractivity contribution is 6.08. The molecule has 0 aliphatic heterocycles. The van der Waals surface area contributed by atoms with Crippen LogP contribution in [0.15, 0.2) is 72.9 Å². The predicted molar refractivity (Wildman–Crippen MR) is 127 cm³/mol. The molecule has 35 heavy (non-hydrogen) atoms. The van der Waals surface area contributed by atoms with Gasteiger partial charge in [-0.3, -0.25) is 24.6 Å². The molecular formula is C25H26N4O6. The Bertz CT molecular complexity index is 1120. The second-order valence-corrected chi connectivity index (χ2v) is 7.42. The van der Waals surface area contributed by atoms with E-state index in [2.05, 4.69) is 15.6 Å². The number of carbonyl (C=O) groups is 3. The van der Waals surface area contributed by atoms with Crippen LogP contribution in [-0.2, 0) is 16.0 Å². The van der Waals surface area contributed by atoms with Crippen molar-refractivity contribution in [3.05, 3.63) is 84.2 Å². The van der Waals surface area contributed by atoms with Crippen LogP contribution in [0, 0.1) is 0 Å². The fraction of sp³-hybridized carbons (Fsp3) is 0.200. The van der Waals surface area contributed by atoms with Crippen LogP contribution in [0.2, 0.25) is 0 Å². The zero-order valence-electron chi connectivity index (χ0n) is 18.8. The highest BCUT2D eigenvalue weighted by Crippen LogP contribution is 2.23. The first-order valence-corrected chi connectivity index (χ1v) is 10.9. The summed E-state index contributed by atoms with van der Waals surface area (Å²) in [5.41, 5.74) is 4.12. The van der Waals surface area contributed by atoms with E-state index in [1.165, 1.54) is 5.48 Å². The number of nitrogens with zero attached hydrogens (tertiary/aromatic N) is 1. The maximum atomic E-state index is 12.7. The highest BCUT2D eigenvalue weighted by Gasteiger charge is 2.28. The lowest BCUT2D eigenvalue weighted by molar-refractivity contribution is -0.137. The molecule has 1 unspecified atom stereocenters. The molecular weight excluding hydrogens is 452 g/mol. The van der Waals surface area contributed by atoms with E-state index in [4.69, 9.17) is 15.1 Å². The number of aliphatic hydroxyl groups is 1. The summed E-state index contributed by atoms with van der Waals surface area (Å²) in [4.78, 5) is 41.3. The lowest BCUT2D eigenvalue weighted by Crippen LogP contribution is -2.55. The second-order valence-electron chi connectivity index (χ2n) is 7.42. The molecule has 10 nitrogen and oxygen atoms in total. The minimum Gasteiger partial charge on any atom is -0.491 e. The zero-order valence-corrected chi connectivity index (χ0v) is 18.8. The maximum Gasteiger partial charge on any atom is 0.275 e. The molecule has 0 saturated heterocycles. The van der Waals surface area contributed by atoms with Gasteiger partial charge in [0, 0.05) is 30.4 Å². The fourth-order valence-electron chi connectivity index (χ4n) is 3.21. The SMILES string of the molecule is O=C(NC(C(=O)NO)C(=O)NCCc1ccccn1)c1ccc(-c2ccc(OCCO)cc2)cc1. The van der Waals surface area contributed by atoms with E-state index in [0.717, 1.165) is 16.8 Å². The fourth-order valence-corrected chi connectivity index (χ4v) is 3.21. The summed E-state index contributed by atoms with van der Waals surface area (Å²) in [6.45, 7) is 0.332. The largest absolute Gasteiger partial charge is 0.491 e. The second kappa shape index (κ2) is 12.8. The van der Waals surface area contributed by atoms with Gasteiger partial charge in [-0.1, -0.05) is 30.3 Å². The molecule has 5 N–H and O–H groups in total. The highest BCUT2D eigenvalue weighted by atomic mass is 16.5. The number of ether oxygens (including phenoxy) is 1. The number of hydrogen-bond donors (Lipinski definition) is 5. The van der Waals surface area contributed by atoms with E-state index in [1.54, 1.807) is 54.7 Å². The van der Waals surface area contributed by atoms with Crippen LogP contribution in [-0.4, -0.2) is 58.8 Å². The molecule has 0 aliphatic rings. The zero-order chi connectivity index (χ0) is 25.0. The van der Waals surface area contributed by atoms with Crippen molar-refractivity contribution in [3.63, 3.8) is 0 Å². The molecule has 3 aromatic rings. The number of nitrogens with one attached hydrogen (secondary N) is 3. The van der Waals surface area contributed by atoms with E-state index in [9.17, 15) is 14.4 Å². The number of amides is 3. The average Bonchev–Trinajstić information content (AvgIpc) is 2.91. The standard InChI is InChI=1S/C25H26N4O6/c30-15-16-35-21-10-8-18(9-11-21)17-4-6-19(7-5-17)23(31)28-22(25(33)29-34)24(32)27-14-12-20-3-1-2-13-26-20/h1-11,13,22,30,34H,12,14-16H2,(H,27,32)(H,28,31)(H,29,33). The molecule has 0 radical (unpaired) electrons. The summed E-state index contributed by atoms with van der Waals surface area (Å²) in [6.07, 6.45) is 2.07. The smallest absolute Gasteiger partial charge is 0.275 e. The van der Waals surface area contributed by atoms with Crippen molar-refractivity contribution in [3.8, 4) is 16.9 Å². The van der Waals surface area contributed by atoms with Gasteiger partial charge in [0.1, 0.15) is 12.4 Å². The van der Waals surface area contributed by atoms with Crippen LogP contribution >= 0.6 is 0 Å². The normalized spacial score (nSPS) is 11.3. The van der Waals surface area contributed by atoms with Crippen molar-refractivity contribution in [2.45, 2.75) is 12.5 Å². The Hall–Kier alpha value is -4.28. The Balaban J connectivity index is 1.60. The first kappa shape index (κ1) is 25.3. The number of hydrogen-bond acceptors (Lipinski definition) is 7. The third-order valence-electron chi connectivity index (χ3n) is 5.01. The molecule has 182 valence electrons. The summed E-state index contributed by atoms with van der Waals surface area (Å²) in [7, 11) is 0. The van der Waals surface area contributed by atoms with Gasteiger partial charge in [0.15, 0.2) is 6.04 Å². The van der Waals surface area contributed by atoms with E-state index >= 15 is 0 Å². The van der Waals surface area contributed by atoms with Gasteiger partial charge in [0.2, 0.25) is 0 Å². The Morgan fingerprint density at radius 2 is 1.60 bits per heavy atom. The number of aromatic nitrogens is 1. The number of rotatable bonds is 11. The molecule has 0 fully saturated rings.